The van der Waals surface area contributed by atoms with Crippen molar-refractivity contribution in [3.05, 3.63) is 35.5 Å². The van der Waals surface area contributed by atoms with Crippen molar-refractivity contribution < 1.29 is 10.2 Å². The molecule has 1 aromatic heterocycles. The number of nitrogens with one attached hydrogen (secondary N) is 1. The Hall–Kier alpha value is -1.36. The lowest BCUT2D eigenvalue weighted by Crippen LogP contribution is -2.30. The van der Waals surface area contributed by atoms with Crippen molar-refractivity contribution in [3.63, 3.8) is 0 Å². The lowest BCUT2D eigenvalue weighted by Gasteiger charge is -2.11. The summed E-state index contributed by atoms with van der Waals surface area (Å²) in [5, 5.41) is 22.5. The average molecular weight is 276 g/mol. The van der Waals surface area contributed by atoms with Crippen LogP contribution in [-0.4, -0.2) is 40.6 Å². The van der Waals surface area contributed by atoms with E-state index in [1.807, 2.05) is 0 Å². The smallest absolute Gasteiger partial charge is 0.0894 e. The van der Waals surface area contributed by atoms with E-state index in [0.717, 1.165) is 19.5 Å². The highest BCUT2D eigenvalue weighted by Crippen LogP contribution is 2.24. The minimum atomic E-state index is -0.661. The predicted molar refractivity (Wildman–Crippen MR) is 82.0 cm³/mol. The van der Waals surface area contributed by atoms with E-state index in [1.165, 1.54) is 22.2 Å². The van der Waals surface area contributed by atoms with E-state index in [1.54, 1.807) is 0 Å². The fraction of sp³-hybridized carbons (Fsp3) is 0.500. The van der Waals surface area contributed by atoms with Crippen LogP contribution < -0.4 is 5.32 Å². The van der Waals surface area contributed by atoms with Gasteiger partial charge in [-0.05, 0) is 38.4 Å². The van der Waals surface area contributed by atoms with Crippen LogP contribution in [0.4, 0.5) is 0 Å². The second-order valence-corrected chi connectivity index (χ2v) is 5.27. The molecule has 3 N–H and O–H groups in total. The summed E-state index contributed by atoms with van der Waals surface area (Å²) in [6, 6.07) is 8.49. The van der Waals surface area contributed by atoms with E-state index < -0.39 is 6.10 Å². The van der Waals surface area contributed by atoms with Crippen LogP contribution in [0.25, 0.3) is 10.9 Å². The lowest BCUT2D eigenvalue weighted by atomic mass is 10.2. The number of fused-ring (bicyclic) bond motifs is 1. The van der Waals surface area contributed by atoms with Crippen LogP contribution >= 0.6 is 0 Å². The predicted octanol–water partition coefficient (Wildman–Crippen LogP) is 1.59. The van der Waals surface area contributed by atoms with Gasteiger partial charge in [-0.1, -0.05) is 18.2 Å². The summed E-state index contributed by atoms with van der Waals surface area (Å²) in [6.07, 6.45) is 0.336. The summed E-state index contributed by atoms with van der Waals surface area (Å²) in [5.74, 6) is 0. The zero-order valence-corrected chi connectivity index (χ0v) is 12.3. The Morgan fingerprint density at radius 1 is 1.25 bits per heavy atom. The van der Waals surface area contributed by atoms with E-state index in [0.29, 0.717) is 6.54 Å². The number of benzene rings is 1. The van der Waals surface area contributed by atoms with Gasteiger partial charge in [-0.3, -0.25) is 0 Å². The quantitative estimate of drug-likeness (QED) is 0.673. The van der Waals surface area contributed by atoms with E-state index >= 15 is 0 Å². The number of para-hydroxylation sites is 1. The van der Waals surface area contributed by atoms with Crippen LogP contribution in [0.15, 0.2) is 24.3 Å². The van der Waals surface area contributed by atoms with Gasteiger partial charge < -0.3 is 20.1 Å². The number of hydrogen-bond donors (Lipinski definition) is 3. The molecule has 0 aliphatic carbocycles. The monoisotopic (exact) mass is 276 g/mol. The molecule has 0 aliphatic heterocycles. The summed E-state index contributed by atoms with van der Waals surface area (Å²) in [6.45, 7) is 6.39. The SMILES string of the molecule is Cc1c(C)n(CCCNC[C@@H](O)CO)c2ccccc12. The van der Waals surface area contributed by atoms with Crippen molar-refractivity contribution >= 4 is 10.9 Å². The third kappa shape index (κ3) is 3.20. The average Bonchev–Trinajstić information content (AvgIpc) is 2.71. The van der Waals surface area contributed by atoms with Crippen LogP contribution in [0.3, 0.4) is 0 Å². The summed E-state index contributed by atoms with van der Waals surface area (Å²) in [7, 11) is 0. The van der Waals surface area contributed by atoms with Crippen LogP contribution in [0.2, 0.25) is 0 Å². The molecule has 2 rings (SSSR count). The minimum Gasteiger partial charge on any atom is -0.394 e. The van der Waals surface area contributed by atoms with Gasteiger partial charge in [0.2, 0.25) is 0 Å². The van der Waals surface area contributed by atoms with Crippen LogP contribution in [0, 0.1) is 13.8 Å². The molecule has 0 amide bonds. The zero-order chi connectivity index (χ0) is 14.5. The van der Waals surface area contributed by atoms with Gasteiger partial charge in [-0.2, -0.15) is 0 Å². The molecule has 0 saturated heterocycles. The molecule has 0 unspecified atom stereocenters. The summed E-state index contributed by atoms with van der Waals surface area (Å²) in [4.78, 5) is 0. The van der Waals surface area contributed by atoms with Gasteiger partial charge >= 0.3 is 0 Å². The van der Waals surface area contributed by atoms with Crippen LogP contribution in [0.5, 0.6) is 0 Å². The maximum absolute atomic E-state index is 9.25. The molecule has 1 heterocycles. The first-order chi connectivity index (χ1) is 9.65. The molecule has 1 atom stereocenters. The van der Waals surface area contributed by atoms with Gasteiger partial charge in [-0.15, -0.1) is 0 Å². The lowest BCUT2D eigenvalue weighted by molar-refractivity contribution is 0.0945. The van der Waals surface area contributed by atoms with Crippen molar-refractivity contribution in [2.24, 2.45) is 0 Å². The zero-order valence-electron chi connectivity index (χ0n) is 12.3. The molecule has 0 radical (unpaired) electrons. The van der Waals surface area contributed by atoms with Crippen molar-refractivity contribution in [1.82, 2.24) is 9.88 Å². The highest BCUT2D eigenvalue weighted by molar-refractivity contribution is 5.85. The van der Waals surface area contributed by atoms with E-state index in [-0.39, 0.29) is 6.61 Å². The Bertz CT molecular complexity index is 563. The fourth-order valence-electron chi connectivity index (χ4n) is 2.59. The van der Waals surface area contributed by atoms with Gasteiger partial charge in [0.25, 0.3) is 0 Å². The number of aryl methyl sites for hydroxylation is 2. The van der Waals surface area contributed by atoms with E-state index in [2.05, 4.69) is 48.0 Å². The molecule has 20 heavy (non-hydrogen) atoms. The maximum Gasteiger partial charge on any atom is 0.0894 e. The van der Waals surface area contributed by atoms with E-state index in [4.69, 9.17) is 5.11 Å². The van der Waals surface area contributed by atoms with Crippen molar-refractivity contribution in [1.29, 1.82) is 0 Å². The number of aromatic nitrogens is 1. The van der Waals surface area contributed by atoms with Gasteiger partial charge in [0.15, 0.2) is 0 Å². The maximum atomic E-state index is 9.25. The number of nitrogens with zero attached hydrogens (tertiary/aromatic N) is 1. The highest BCUT2D eigenvalue weighted by atomic mass is 16.3. The summed E-state index contributed by atoms with van der Waals surface area (Å²) in [5.41, 5.74) is 3.96. The third-order valence-electron chi connectivity index (χ3n) is 3.87. The first-order valence-electron chi connectivity index (χ1n) is 7.19. The molecule has 4 heteroatoms. The van der Waals surface area contributed by atoms with Gasteiger partial charge in [0, 0.05) is 29.7 Å². The first-order valence-corrected chi connectivity index (χ1v) is 7.19. The molecule has 0 fully saturated rings. The third-order valence-corrected chi connectivity index (χ3v) is 3.87. The summed E-state index contributed by atoms with van der Waals surface area (Å²) >= 11 is 0. The number of hydrogen-bond acceptors (Lipinski definition) is 3. The van der Waals surface area contributed by atoms with E-state index in [9.17, 15) is 5.11 Å². The summed E-state index contributed by atoms with van der Waals surface area (Å²) < 4.78 is 2.36. The normalized spacial score (nSPS) is 13.0. The van der Waals surface area contributed by atoms with Crippen molar-refractivity contribution in [2.75, 3.05) is 19.7 Å². The molecule has 0 bridgehead atoms. The first kappa shape index (κ1) is 15.0. The molecule has 1 aromatic carbocycles. The topological polar surface area (TPSA) is 57.4 Å². The Labute approximate surface area is 120 Å². The number of aliphatic hydroxyl groups excluding tert-OH is 2. The van der Waals surface area contributed by atoms with Crippen molar-refractivity contribution in [3.8, 4) is 0 Å². The van der Waals surface area contributed by atoms with Gasteiger partial charge in [-0.25, -0.2) is 0 Å². The molecule has 0 aliphatic rings. The highest BCUT2D eigenvalue weighted by Gasteiger charge is 2.09. The molecule has 2 aromatic rings. The second kappa shape index (κ2) is 6.88. The Balaban J connectivity index is 1.95. The molecular formula is C16H24N2O2. The van der Waals surface area contributed by atoms with Gasteiger partial charge in [0.1, 0.15) is 0 Å². The Morgan fingerprint density at radius 2 is 2.00 bits per heavy atom. The molecular weight excluding hydrogens is 252 g/mol. The van der Waals surface area contributed by atoms with Gasteiger partial charge in [0.05, 0.1) is 12.7 Å². The molecule has 4 nitrogen and oxygen atoms in total. The van der Waals surface area contributed by atoms with Crippen LogP contribution in [-0.2, 0) is 6.54 Å². The van der Waals surface area contributed by atoms with Crippen molar-refractivity contribution in [2.45, 2.75) is 32.9 Å². The number of rotatable bonds is 7. The Kier molecular flexibility index (Phi) is 5.17. The minimum absolute atomic E-state index is 0.187. The van der Waals surface area contributed by atoms with Crippen LogP contribution in [0.1, 0.15) is 17.7 Å². The molecule has 110 valence electrons. The largest absolute Gasteiger partial charge is 0.394 e. The number of aliphatic hydroxyl groups is 2. The standard InChI is InChI=1S/C16H24N2O2/c1-12-13(2)18(16-7-4-3-6-15(12)16)9-5-8-17-10-14(20)11-19/h3-4,6-7,14,17,19-20H,5,8-11H2,1-2H3/t14-/m1/s1. The second-order valence-electron chi connectivity index (χ2n) is 5.27. The molecule has 0 spiro atoms. The molecule has 0 saturated carbocycles. The fourth-order valence-corrected chi connectivity index (χ4v) is 2.59. The Morgan fingerprint density at radius 3 is 2.75 bits per heavy atom.